The summed E-state index contributed by atoms with van der Waals surface area (Å²) >= 11 is 0. The monoisotopic (exact) mass is 191 g/mol. The Balaban J connectivity index is 2.61. The standard InChI is InChI=1S/C12H15O2/c1-4-10-13-14-12(2,3)11-8-6-5-7-9-11/h4-10H,1H2,2-3H3. The molecule has 0 N–H and O–H groups in total. The van der Waals surface area contributed by atoms with Gasteiger partial charge in [0.25, 0.3) is 0 Å². The van der Waals surface area contributed by atoms with Crippen LogP contribution in [0.2, 0.25) is 0 Å². The van der Waals surface area contributed by atoms with E-state index in [9.17, 15) is 0 Å². The van der Waals surface area contributed by atoms with Crippen molar-refractivity contribution in [2.75, 3.05) is 0 Å². The van der Waals surface area contributed by atoms with Gasteiger partial charge in [-0.25, -0.2) is 9.78 Å². The quantitative estimate of drug-likeness (QED) is 0.404. The molecule has 0 atom stereocenters. The molecule has 0 heterocycles. The number of hydrogen-bond donors (Lipinski definition) is 0. The van der Waals surface area contributed by atoms with E-state index in [0.29, 0.717) is 0 Å². The maximum Gasteiger partial charge on any atom is 0.144 e. The Morgan fingerprint density at radius 1 is 1.21 bits per heavy atom. The van der Waals surface area contributed by atoms with E-state index >= 15 is 0 Å². The largest absolute Gasteiger partial charge is 0.225 e. The molecule has 0 bridgehead atoms. The van der Waals surface area contributed by atoms with Gasteiger partial charge in [-0.15, -0.1) is 6.58 Å². The molecule has 1 radical (unpaired) electrons. The molecule has 0 aliphatic carbocycles. The van der Waals surface area contributed by atoms with Crippen LogP contribution in [-0.2, 0) is 15.4 Å². The molecule has 2 nitrogen and oxygen atoms in total. The summed E-state index contributed by atoms with van der Waals surface area (Å²) in [7, 11) is 0. The molecule has 0 saturated carbocycles. The van der Waals surface area contributed by atoms with Crippen molar-refractivity contribution in [3.63, 3.8) is 0 Å². The summed E-state index contributed by atoms with van der Waals surface area (Å²) < 4.78 is 0. The minimum Gasteiger partial charge on any atom is -0.225 e. The maximum absolute atomic E-state index is 5.23. The third-order valence-corrected chi connectivity index (χ3v) is 1.88. The minimum atomic E-state index is -0.458. The highest BCUT2D eigenvalue weighted by Crippen LogP contribution is 2.24. The molecular formula is C12H15O2. The van der Waals surface area contributed by atoms with Crippen molar-refractivity contribution in [3.8, 4) is 0 Å². The lowest BCUT2D eigenvalue weighted by atomic mass is 9.99. The molecule has 0 unspecified atom stereocenters. The van der Waals surface area contributed by atoms with Gasteiger partial charge in [0.1, 0.15) is 12.2 Å². The van der Waals surface area contributed by atoms with E-state index in [0.717, 1.165) is 5.56 Å². The molecule has 0 aromatic heterocycles. The second-order valence-electron chi connectivity index (χ2n) is 3.43. The molecule has 0 aliphatic rings. The predicted molar refractivity (Wildman–Crippen MR) is 56.1 cm³/mol. The second kappa shape index (κ2) is 4.94. The molecule has 14 heavy (non-hydrogen) atoms. The first-order chi connectivity index (χ1) is 6.67. The molecule has 1 rings (SSSR count). The molecular weight excluding hydrogens is 176 g/mol. The third-order valence-electron chi connectivity index (χ3n) is 1.88. The molecule has 0 fully saturated rings. The van der Waals surface area contributed by atoms with E-state index in [1.54, 1.807) is 0 Å². The first-order valence-corrected chi connectivity index (χ1v) is 4.51. The van der Waals surface area contributed by atoms with Crippen LogP contribution >= 0.6 is 0 Å². The van der Waals surface area contributed by atoms with Crippen LogP contribution in [-0.4, -0.2) is 0 Å². The zero-order chi connectivity index (χ0) is 10.4. The van der Waals surface area contributed by atoms with Crippen LogP contribution < -0.4 is 0 Å². The molecule has 1 aromatic carbocycles. The summed E-state index contributed by atoms with van der Waals surface area (Å²) in [6, 6.07) is 9.90. The maximum atomic E-state index is 5.23. The third kappa shape index (κ3) is 2.98. The lowest BCUT2D eigenvalue weighted by Gasteiger charge is -2.23. The van der Waals surface area contributed by atoms with E-state index in [1.165, 1.54) is 12.7 Å². The van der Waals surface area contributed by atoms with Crippen molar-refractivity contribution < 1.29 is 9.78 Å². The van der Waals surface area contributed by atoms with Gasteiger partial charge in [-0.2, -0.15) is 0 Å². The Morgan fingerprint density at radius 3 is 2.43 bits per heavy atom. The average Bonchev–Trinajstić information content (AvgIpc) is 2.19. The minimum absolute atomic E-state index is 0.458. The fraction of sp³-hybridized carbons (Fsp3) is 0.250. The summed E-state index contributed by atoms with van der Waals surface area (Å²) in [4.78, 5) is 10.1. The van der Waals surface area contributed by atoms with Gasteiger partial charge >= 0.3 is 0 Å². The highest BCUT2D eigenvalue weighted by Gasteiger charge is 2.22. The van der Waals surface area contributed by atoms with E-state index in [4.69, 9.17) is 9.78 Å². The van der Waals surface area contributed by atoms with Crippen molar-refractivity contribution in [1.82, 2.24) is 0 Å². The van der Waals surface area contributed by atoms with Gasteiger partial charge in [-0.1, -0.05) is 36.4 Å². The van der Waals surface area contributed by atoms with E-state index in [-0.39, 0.29) is 0 Å². The summed E-state index contributed by atoms with van der Waals surface area (Å²) in [5.41, 5.74) is 0.610. The van der Waals surface area contributed by atoms with Crippen LogP contribution in [0.3, 0.4) is 0 Å². The normalized spacial score (nSPS) is 11.3. The van der Waals surface area contributed by atoms with Crippen LogP contribution in [0.15, 0.2) is 43.0 Å². The van der Waals surface area contributed by atoms with Gasteiger partial charge in [0, 0.05) is 0 Å². The average molecular weight is 191 g/mol. The van der Waals surface area contributed by atoms with Gasteiger partial charge in [-0.3, -0.25) is 0 Å². The summed E-state index contributed by atoms with van der Waals surface area (Å²) in [6.45, 7) is 8.79. The smallest absolute Gasteiger partial charge is 0.144 e. The van der Waals surface area contributed by atoms with Crippen molar-refractivity contribution in [2.24, 2.45) is 0 Å². The predicted octanol–water partition coefficient (Wildman–Crippen LogP) is 3.22. The molecule has 2 heteroatoms. The van der Waals surface area contributed by atoms with E-state index in [1.807, 2.05) is 44.2 Å². The van der Waals surface area contributed by atoms with Crippen molar-refractivity contribution in [2.45, 2.75) is 19.4 Å². The van der Waals surface area contributed by atoms with Gasteiger partial charge in [0.2, 0.25) is 0 Å². The topological polar surface area (TPSA) is 18.5 Å². The number of rotatable bonds is 5. The number of benzene rings is 1. The summed E-state index contributed by atoms with van der Waals surface area (Å²) in [5, 5.41) is 0. The van der Waals surface area contributed by atoms with Crippen LogP contribution in [0.4, 0.5) is 0 Å². The van der Waals surface area contributed by atoms with Gasteiger partial charge < -0.3 is 0 Å². The SMILES string of the molecule is C=C[CH]OOC(C)(C)c1ccccc1. The highest BCUT2D eigenvalue weighted by molar-refractivity contribution is 5.20. The molecule has 1 aromatic rings. The van der Waals surface area contributed by atoms with Crippen molar-refractivity contribution >= 4 is 0 Å². The second-order valence-corrected chi connectivity index (χ2v) is 3.43. The van der Waals surface area contributed by atoms with E-state index < -0.39 is 5.60 Å². The van der Waals surface area contributed by atoms with Crippen LogP contribution in [0, 0.1) is 6.61 Å². The Kier molecular flexibility index (Phi) is 3.86. The molecule has 0 amide bonds. The highest BCUT2D eigenvalue weighted by atomic mass is 17.2. The zero-order valence-electron chi connectivity index (χ0n) is 8.57. The Labute approximate surface area is 85.1 Å². The first-order valence-electron chi connectivity index (χ1n) is 4.51. The molecule has 75 valence electrons. The summed E-state index contributed by atoms with van der Waals surface area (Å²) in [5.74, 6) is 0. The lowest BCUT2D eigenvalue weighted by molar-refractivity contribution is -0.333. The molecule has 0 aliphatic heterocycles. The van der Waals surface area contributed by atoms with Gasteiger partial charge in [0.05, 0.1) is 0 Å². The Morgan fingerprint density at radius 2 is 1.86 bits per heavy atom. The van der Waals surface area contributed by atoms with Crippen LogP contribution in [0.1, 0.15) is 19.4 Å². The summed E-state index contributed by atoms with van der Waals surface area (Å²) in [6.07, 6.45) is 1.53. The van der Waals surface area contributed by atoms with Gasteiger partial charge in [0.15, 0.2) is 0 Å². The molecule has 0 spiro atoms. The van der Waals surface area contributed by atoms with E-state index in [2.05, 4.69) is 6.58 Å². The lowest BCUT2D eigenvalue weighted by Crippen LogP contribution is -2.21. The fourth-order valence-corrected chi connectivity index (χ4v) is 1.07. The van der Waals surface area contributed by atoms with Crippen molar-refractivity contribution in [3.05, 3.63) is 55.2 Å². The fourth-order valence-electron chi connectivity index (χ4n) is 1.07. The Hall–Kier alpha value is -1.12. The first kappa shape index (κ1) is 11.0. The van der Waals surface area contributed by atoms with Crippen LogP contribution in [0.5, 0.6) is 0 Å². The van der Waals surface area contributed by atoms with Gasteiger partial charge in [-0.05, 0) is 19.4 Å². The number of hydrogen-bond acceptors (Lipinski definition) is 2. The van der Waals surface area contributed by atoms with Crippen molar-refractivity contribution in [1.29, 1.82) is 0 Å². The molecule has 0 saturated heterocycles. The van der Waals surface area contributed by atoms with Crippen LogP contribution in [0.25, 0.3) is 0 Å². The zero-order valence-corrected chi connectivity index (χ0v) is 8.57. The Bertz CT molecular complexity index is 278.